The van der Waals surface area contributed by atoms with E-state index in [1.54, 1.807) is 0 Å². The van der Waals surface area contributed by atoms with Crippen LogP contribution in [0.1, 0.15) is 5.56 Å². The molecule has 0 fully saturated rings. The molecule has 0 saturated carbocycles. The molecule has 0 radical (unpaired) electrons. The van der Waals surface area contributed by atoms with Crippen LogP contribution in [0.25, 0.3) is 0 Å². The molecule has 76 valence electrons. The van der Waals surface area contributed by atoms with Crippen LogP contribution in [0.5, 0.6) is 0 Å². The number of rotatable bonds is 2. The molecular weight excluding hydrogens is 192 g/mol. The number of nitrogens with zero attached hydrogens (tertiary/aromatic N) is 2. The average Bonchev–Trinajstić information content (AvgIpc) is 2.18. The number of hydrogen-bond donors (Lipinski definition) is 0. The van der Waals surface area contributed by atoms with Crippen molar-refractivity contribution >= 4 is 17.3 Å². The van der Waals surface area contributed by atoms with Crippen molar-refractivity contribution in [3.05, 3.63) is 35.9 Å². The van der Waals surface area contributed by atoms with Gasteiger partial charge in [-0.2, -0.15) is 0 Å². The second kappa shape index (κ2) is 4.96. The third-order valence-electron chi connectivity index (χ3n) is 1.97. The highest BCUT2D eigenvalue weighted by atomic mass is 32.1. The summed E-state index contributed by atoms with van der Waals surface area (Å²) in [5.74, 6) is 0. The Kier molecular flexibility index (Phi) is 3.89. The van der Waals surface area contributed by atoms with E-state index in [2.05, 4.69) is 17.0 Å². The minimum absolute atomic E-state index is 0.855. The molecule has 0 aliphatic rings. The Morgan fingerprint density at radius 2 is 1.71 bits per heavy atom. The van der Waals surface area contributed by atoms with E-state index in [0.717, 1.165) is 11.7 Å². The molecule has 0 amide bonds. The molecule has 1 rings (SSSR count). The van der Waals surface area contributed by atoms with Crippen molar-refractivity contribution in [2.75, 3.05) is 21.1 Å². The minimum atomic E-state index is 0.855. The van der Waals surface area contributed by atoms with Crippen LogP contribution in [0.15, 0.2) is 30.3 Å². The highest BCUT2D eigenvalue weighted by Gasteiger charge is 2.05. The van der Waals surface area contributed by atoms with Gasteiger partial charge >= 0.3 is 0 Å². The quantitative estimate of drug-likeness (QED) is 0.686. The maximum absolute atomic E-state index is 5.25. The van der Waals surface area contributed by atoms with Crippen molar-refractivity contribution in [1.29, 1.82) is 0 Å². The first kappa shape index (κ1) is 11.0. The summed E-state index contributed by atoms with van der Waals surface area (Å²) in [7, 11) is 5.93. The molecule has 0 saturated heterocycles. The SMILES string of the molecule is CN(C)C(=S)N(C)Cc1ccccc1. The molecule has 1 aromatic carbocycles. The second-order valence-corrected chi connectivity index (χ2v) is 3.88. The van der Waals surface area contributed by atoms with Crippen LogP contribution in [0, 0.1) is 0 Å². The second-order valence-electron chi connectivity index (χ2n) is 3.52. The van der Waals surface area contributed by atoms with E-state index in [0.29, 0.717) is 0 Å². The van der Waals surface area contributed by atoms with E-state index >= 15 is 0 Å². The van der Waals surface area contributed by atoms with Gasteiger partial charge in [0, 0.05) is 27.7 Å². The van der Waals surface area contributed by atoms with Crippen LogP contribution in [0.3, 0.4) is 0 Å². The van der Waals surface area contributed by atoms with Crippen molar-refractivity contribution in [3.63, 3.8) is 0 Å². The van der Waals surface area contributed by atoms with E-state index in [-0.39, 0.29) is 0 Å². The molecule has 2 nitrogen and oxygen atoms in total. The lowest BCUT2D eigenvalue weighted by molar-refractivity contribution is 0.434. The molecule has 0 aliphatic heterocycles. The predicted octanol–water partition coefficient (Wildman–Crippen LogP) is 1.96. The average molecular weight is 208 g/mol. The predicted molar refractivity (Wildman–Crippen MR) is 64.2 cm³/mol. The van der Waals surface area contributed by atoms with Crippen molar-refractivity contribution in [2.45, 2.75) is 6.54 Å². The Morgan fingerprint density at radius 3 is 2.21 bits per heavy atom. The van der Waals surface area contributed by atoms with Crippen molar-refractivity contribution in [1.82, 2.24) is 9.80 Å². The van der Waals surface area contributed by atoms with Crippen molar-refractivity contribution in [2.24, 2.45) is 0 Å². The first-order valence-corrected chi connectivity index (χ1v) is 4.98. The molecule has 1 aromatic rings. The van der Waals surface area contributed by atoms with Gasteiger partial charge in [-0.1, -0.05) is 30.3 Å². The summed E-state index contributed by atoms with van der Waals surface area (Å²) >= 11 is 5.25. The van der Waals surface area contributed by atoms with Crippen LogP contribution in [-0.2, 0) is 6.54 Å². The van der Waals surface area contributed by atoms with Gasteiger partial charge in [-0.3, -0.25) is 0 Å². The molecule has 0 atom stereocenters. The maximum Gasteiger partial charge on any atom is 0.171 e. The zero-order valence-corrected chi connectivity index (χ0v) is 9.71. The third kappa shape index (κ3) is 3.00. The molecule has 14 heavy (non-hydrogen) atoms. The van der Waals surface area contributed by atoms with Gasteiger partial charge in [0.2, 0.25) is 0 Å². The van der Waals surface area contributed by atoms with Crippen molar-refractivity contribution in [3.8, 4) is 0 Å². The van der Waals surface area contributed by atoms with Gasteiger partial charge in [0.05, 0.1) is 0 Å². The largest absolute Gasteiger partial charge is 0.355 e. The highest BCUT2D eigenvalue weighted by Crippen LogP contribution is 2.03. The van der Waals surface area contributed by atoms with Crippen LogP contribution in [-0.4, -0.2) is 36.1 Å². The monoisotopic (exact) mass is 208 g/mol. The molecule has 0 heterocycles. The van der Waals surface area contributed by atoms with Crippen molar-refractivity contribution < 1.29 is 0 Å². The first-order chi connectivity index (χ1) is 6.61. The molecule has 0 bridgehead atoms. The fraction of sp³-hybridized carbons (Fsp3) is 0.364. The lowest BCUT2D eigenvalue weighted by Crippen LogP contribution is -2.35. The smallest absolute Gasteiger partial charge is 0.171 e. The summed E-state index contributed by atoms with van der Waals surface area (Å²) in [6.45, 7) is 0.859. The van der Waals surface area contributed by atoms with E-state index in [4.69, 9.17) is 12.2 Å². The molecule has 0 N–H and O–H groups in total. The fourth-order valence-corrected chi connectivity index (χ4v) is 1.33. The number of thiocarbonyl (C=S) groups is 1. The summed E-state index contributed by atoms with van der Waals surface area (Å²) in [4.78, 5) is 4.00. The fourth-order valence-electron chi connectivity index (χ4n) is 1.27. The zero-order chi connectivity index (χ0) is 10.6. The van der Waals surface area contributed by atoms with E-state index < -0.39 is 0 Å². The Morgan fingerprint density at radius 1 is 1.14 bits per heavy atom. The lowest BCUT2D eigenvalue weighted by atomic mass is 10.2. The van der Waals surface area contributed by atoms with E-state index in [1.165, 1.54) is 5.56 Å². The Balaban J connectivity index is 2.57. The van der Waals surface area contributed by atoms with Gasteiger partial charge in [0.25, 0.3) is 0 Å². The molecule has 0 aliphatic carbocycles. The van der Waals surface area contributed by atoms with Gasteiger partial charge in [0.15, 0.2) is 5.11 Å². The normalized spacial score (nSPS) is 9.64. The molecule has 3 heteroatoms. The first-order valence-electron chi connectivity index (χ1n) is 4.57. The van der Waals surface area contributed by atoms with E-state index in [9.17, 15) is 0 Å². The minimum Gasteiger partial charge on any atom is -0.355 e. The van der Waals surface area contributed by atoms with Crippen LogP contribution in [0.2, 0.25) is 0 Å². The summed E-state index contributed by atoms with van der Waals surface area (Å²) in [5, 5.41) is 0.855. The van der Waals surface area contributed by atoms with Gasteiger partial charge in [0.1, 0.15) is 0 Å². The van der Waals surface area contributed by atoms with Gasteiger partial charge in [-0.25, -0.2) is 0 Å². The van der Waals surface area contributed by atoms with Gasteiger partial charge in [-0.15, -0.1) is 0 Å². The maximum atomic E-state index is 5.25. The standard InChI is InChI=1S/C11H16N2S/c1-12(2)11(14)13(3)9-10-7-5-4-6-8-10/h4-8H,9H2,1-3H3. The number of benzene rings is 1. The van der Waals surface area contributed by atoms with Gasteiger partial charge < -0.3 is 9.80 Å². The molecule has 0 aromatic heterocycles. The molecular formula is C11H16N2S. The Bertz CT molecular complexity index is 295. The zero-order valence-electron chi connectivity index (χ0n) is 8.90. The highest BCUT2D eigenvalue weighted by molar-refractivity contribution is 7.80. The topological polar surface area (TPSA) is 6.48 Å². The lowest BCUT2D eigenvalue weighted by Gasteiger charge is -2.25. The number of hydrogen-bond acceptors (Lipinski definition) is 1. The van der Waals surface area contributed by atoms with Gasteiger partial charge in [-0.05, 0) is 17.8 Å². The van der Waals surface area contributed by atoms with Crippen LogP contribution in [0.4, 0.5) is 0 Å². The summed E-state index contributed by atoms with van der Waals surface area (Å²) in [6.07, 6.45) is 0. The summed E-state index contributed by atoms with van der Waals surface area (Å²) in [6, 6.07) is 10.3. The molecule has 0 unspecified atom stereocenters. The summed E-state index contributed by atoms with van der Waals surface area (Å²) < 4.78 is 0. The third-order valence-corrected chi connectivity index (χ3v) is 2.65. The van der Waals surface area contributed by atoms with Crippen LogP contribution >= 0.6 is 12.2 Å². The Labute approximate surface area is 91.1 Å². The van der Waals surface area contributed by atoms with Crippen LogP contribution < -0.4 is 0 Å². The Hall–Kier alpha value is -1.09. The summed E-state index contributed by atoms with van der Waals surface area (Å²) in [5.41, 5.74) is 1.28. The van der Waals surface area contributed by atoms with E-state index in [1.807, 2.05) is 44.2 Å². The molecule has 0 spiro atoms.